The summed E-state index contributed by atoms with van der Waals surface area (Å²) in [5.74, 6) is 0.371. The van der Waals surface area contributed by atoms with E-state index in [0.717, 1.165) is 12.8 Å². The number of amides is 1. The molecule has 1 rings (SSSR count). The van der Waals surface area contributed by atoms with Gasteiger partial charge >= 0.3 is 0 Å². The Morgan fingerprint density at radius 1 is 1.38 bits per heavy atom. The van der Waals surface area contributed by atoms with Crippen molar-refractivity contribution in [1.29, 1.82) is 0 Å². The van der Waals surface area contributed by atoms with Crippen molar-refractivity contribution in [2.75, 3.05) is 26.1 Å². The maximum Gasteiger partial charge on any atom is 0.256 e. The molecule has 1 aromatic rings. The standard InChI is InChI=1S/C18H28ClNO4/c1-6-7-10-18(3,23-5)17(21)20-14-8-9-16(15(19)11-14)24-13(2)12-22-4/h8-9,11,13H,6-7,10,12H2,1-5H3,(H,20,21)/t13-,18+/m1/s1. The van der Waals surface area contributed by atoms with E-state index in [2.05, 4.69) is 12.2 Å². The molecule has 6 heteroatoms. The SMILES string of the molecule is CCCC[C@](C)(OC)C(=O)Nc1ccc(O[C@H](C)COC)c(Cl)c1. The molecule has 0 aliphatic rings. The van der Waals surface area contributed by atoms with E-state index in [1.165, 1.54) is 0 Å². The van der Waals surface area contributed by atoms with Crippen LogP contribution in [0.25, 0.3) is 0 Å². The molecule has 0 unspecified atom stereocenters. The molecular weight excluding hydrogens is 330 g/mol. The summed E-state index contributed by atoms with van der Waals surface area (Å²) in [6.45, 7) is 6.24. The Bertz CT molecular complexity index is 538. The van der Waals surface area contributed by atoms with E-state index in [0.29, 0.717) is 29.5 Å². The van der Waals surface area contributed by atoms with Crippen LogP contribution in [0.4, 0.5) is 5.69 Å². The highest BCUT2D eigenvalue weighted by Crippen LogP contribution is 2.29. The van der Waals surface area contributed by atoms with E-state index < -0.39 is 5.60 Å². The summed E-state index contributed by atoms with van der Waals surface area (Å²) >= 11 is 6.24. The highest BCUT2D eigenvalue weighted by atomic mass is 35.5. The highest BCUT2D eigenvalue weighted by molar-refractivity contribution is 6.32. The highest BCUT2D eigenvalue weighted by Gasteiger charge is 2.32. The van der Waals surface area contributed by atoms with Gasteiger partial charge in [-0.15, -0.1) is 0 Å². The van der Waals surface area contributed by atoms with Gasteiger partial charge in [0, 0.05) is 19.9 Å². The zero-order valence-corrected chi connectivity index (χ0v) is 15.9. The molecule has 0 bridgehead atoms. The molecule has 0 aliphatic carbocycles. The molecular formula is C18H28ClNO4. The second-order valence-electron chi connectivity index (χ2n) is 6.02. The van der Waals surface area contributed by atoms with E-state index in [1.54, 1.807) is 39.3 Å². The lowest BCUT2D eigenvalue weighted by molar-refractivity contribution is -0.136. The molecule has 24 heavy (non-hydrogen) atoms. The van der Waals surface area contributed by atoms with E-state index in [1.807, 2.05) is 6.92 Å². The van der Waals surface area contributed by atoms with Crippen LogP contribution in [0.3, 0.4) is 0 Å². The molecule has 1 aromatic carbocycles. The largest absolute Gasteiger partial charge is 0.487 e. The van der Waals surface area contributed by atoms with Crippen molar-refractivity contribution in [1.82, 2.24) is 0 Å². The van der Waals surface area contributed by atoms with Crippen molar-refractivity contribution in [3.8, 4) is 5.75 Å². The van der Waals surface area contributed by atoms with Gasteiger partial charge in [0.15, 0.2) is 0 Å². The third-order valence-electron chi connectivity index (χ3n) is 3.86. The number of halogens is 1. The number of anilines is 1. The van der Waals surface area contributed by atoms with Crippen molar-refractivity contribution < 1.29 is 19.0 Å². The van der Waals surface area contributed by atoms with E-state index in [9.17, 15) is 4.79 Å². The zero-order valence-electron chi connectivity index (χ0n) is 15.1. The maximum absolute atomic E-state index is 12.5. The van der Waals surface area contributed by atoms with Gasteiger partial charge in [-0.3, -0.25) is 4.79 Å². The number of carbonyl (C=O) groups is 1. The topological polar surface area (TPSA) is 56.8 Å². The van der Waals surface area contributed by atoms with Crippen LogP contribution in [0.2, 0.25) is 5.02 Å². The van der Waals surface area contributed by atoms with Gasteiger partial charge in [0.1, 0.15) is 17.5 Å². The summed E-state index contributed by atoms with van der Waals surface area (Å²) in [5, 5.41) is 3.29. The average Bonchev–Trinajstić information content (AvgIpc) is 2.55. The third-order valence-corrected chi connectivity index (χ3v) is 4.15. The third kappa shape index (κ3) is 5.96. The lowest BCUT2D eigenvalue weighted by Crippen LogP contribution is -2.41. The number of hydrogen-bond donors (Lipinski definition) is 1. The summed E-state index contributed by atoms with van der Waals surface area (Å²) < 4.78 is 16.2. The Morgan fingerprint density at radius 2 is 2.08 bits per heavy atom. The molecule has 1 N–H and O–H groups in total. The van der Waals surface area contributed by atoms with Crippen LogP contribution in [0.1, 0.15) is 40.0 Å². The van der Waals surface area contributed by atoms with Gasteiger partial charge in [0.25, 0.3) is 5.91 Å². The Hall–Kier alpha value is -1.30. The smallest absolute Gasteiger partial charge is 0.256 e. The lowest BCUT2D eigenvalue weighted by atomic mass is 9.97. The first-order valence-electron chi connectivity index (χ1n) is 8.18. The number of benzene rings is 1. The lowest BCUT2D eigenvalue weighted by Gasteiger charge is -2.27. The summed E-state index contributed by atoms with van der Waals surface area (Å²) in [6, 6.07) is 5.17. The minimum Gasteiger partial charge on any atom is -0.487 e. The average molecular weight is 358 g/mol. The molecule has 2 atom stereocenters. The molecule has 1 amide bonds. The van der Waals surface area contributed by atoms with Crippen molar-refractivity contribution in [3.05, 3.63) is 23.2 Å². The second kappa shape index (κ2) is 9.87. The molecule has 5 nitrogen and oxygen atoms in total. The fourth-order valence-electron chi connectivity index (χ4n) is 2.25. The molecule has 136 valence electrons. The van der Waals surface area contributed by atoms with Gasteiger partial charge in [0.05, 0.1) is 11.6 Å². The Morgan fingerprint density at radius 3 is 2.62 bits per heavy atom. The molecule has 0 saturated carbocycles. The van der Waals surface area contributed by atoms with E-state index in [4.69, 9.17) is 25.8 Å². The summed E-state index contributed by atoms with van der Waals surface area (Å²) in [4.78, 5) is 12.5. The first kappa shape index (κ1) is 20.7. The predicted molar refractivity (Wildman–Crippen MR) is 97.0 cm³/mol. The van der Waals surface area contributed by atoms with Crippen LogP contribution in [-0.2, 0) is 14.3 Å². The number of ether oxygens (including phenoxy) is 3. The number of carbonyl (C=O) groups excluding carboxylic acids is 1. The van der Waals surface area contributed by atoms with Crippen LogP contribution in [0.5, 0.6) is 5.75 Å². The first-order chi connectivity index (χ1) is 11.4. The van der Waals surface area contributed by atoms with Gasteiger partial charge in [-0.1, -0.05) is 31.4 Å². The molecule has 0 fully saturated rings. The van der Waals surface area contributed by atoms with Crippen LogP contribution >= 0.6 is 11.6 Å². The minimum absolute atomic E-state index is 0.112. The van der Waals surface area contributed by atoms with Crippen molar-refractivity contribution in [2.45, 2.75) is 51.7 Å². The number of unbranched alkanes of at least 4 members (excludes halogenated alkanes) is 1. The summed E-state index contributed by atoms with van der Waals surface area (Å²) in [6.07, 6.45) is 2.47. The van der Waals surface area contributed by atoms with Gasteiger partial charge in [-0.2, -0.15) is 0 Å². The van der Waals surface area contributed by atoms with Crippen molar-refractivity contribution in [2.24, 2.45) is 0 Å². The van der Waals surface area contributed by atoms with Crippen LogP contribution in [-0.4, -0.2) is 38.4 Å². The van der Waals surface area contributed by atoms with Gasteiger partial charge < -0.3 is 19.5 Å². The predicted octanol–water partition coefficient (Wildman–Crippen LogP) is 4.29. The van der Waals surface area contributed by atoms with Gasteiger partial charge in [-0.25, -0.2) is 0 Å². The zero-order chi connectivity index (χ0) is 18.2. The Kier molecular flexibility index (Phi) is 8.53. The number of hydrogen-bond acceptors (Lipinski definition) is 4. The first-order valence-corrected chi connectivity index (χ1v) is 8.55. The normalized spacial score (nSPS) is 14.8. The van der Waals surface area contributed by atoms with Crippen molar-refractivity contribution in [3.63, 3.8) is 0 Å². The second-order valence-corrected chi connectivity index (χ2v) is 6.43. The summed E-state index contributed by atoms with van der Waals surface area (Å²) in [7, 11) is 3.17. The fourth-order valence-corrected chi connectivity index (χ4v) is 2.47. The minimum atomic E-state index is -0.857. The summed E-state index contributed by atoms with van der Waals surface area (Å²) in [5.41, 5.74) is -0.249. The monoisotopic (exact) mass is 357 g/mol. The molecule has 0 saturated heterocycles. The van der Waals surface area contributed by atoms with E-state index >= 15 is 0 Å². The van der Waals surface area contributed by atoms with Crippen LogP contribution < -0.4 is 10.1 Å². The van der Waals surface area contributed by atoms with Crippen LogP contribution in [0, 0.1) is 0 Å². The van der Waals surface area contributed by atoms with Gasteiger partial charge in [0.2, 0.25) is 0 Å². The van der Waals surface area contributed by atoms with E-state index in [-0.39, 0.29) is 12.0 Å². The van der Waals surface area contributed by atoms with Gasteiger partial charge in [-0.05, 0) is 38.5 Å². The quantitative estimate of drug-likeness (QED) is 0.678. The van der Waals surface area contributed by atoms with Crippen LogP contribution in [0.15, 0.2) is 18.2 Å². The molecule has 0 spiro atoms. The molecule has 0 aromatic heterocycles. The Balaban J connectivity index is 2.78. The number of methoxy groups -OCH3 is 2. The molecule has 0 aliphatic heterocycles. The maximum atomic E-state index is 12.5. The Labute approximate surface area is 149 Å². The fraction of sp³-hybridized carbons (Fsp3) is 0.611. The molecule has 0 radical (unpaired) electrons. The number of nitrogens with one attached hydrogen (secondary N) is 1. The number of rotatable bonds is 10. The molecule has 0 heterocycles. The van der Waals surface area contributed by atoms with Crippen molar-refractivity contribution >= 4 is 23.2 Å².